The summed E-state index contributed by atoms with van der Waals surface area (Å²) in [6, 6.07) is 4.52. The van der Waals surface area contributed by atoms with E-state index in [0.29, 0.717) is 29.8 Å². The standard InChI is InChI=1S/C20H17ClFN3O2/c21-19-23-11-13(16(24-19)4-2-1-3-9-26)12-25-17-10-14(22)5-6-15(17)20(7-8-20)18(25)27/h5-6,10-11,26H,1,3,7-9,12H2. The molecule has 0 atom stereocenters. The predicted octanol–water partition coefficient (Wildman–Crippen LogP) is 2.97. The van der Waals surface area contributed by atoms with Gasteiger partial charge in [-0.3, -0.25) is 4.79 Å². The van der Waals surface area contributed by atoms with Crippen molar-refractivity contribution in [1.29, 1.82) is 0 Å². The van der Waals surface area contributed by atoms with E-state index in [-0.39, 0.29) is 30.2 Å². The molecule has 5 nitrogen and oxygen atoms in total. The quantitative estimate of drug-likeness (QED) is 0.499. The summed E-state index contributed by atoms with van der Waals surface area (Å²) in [5.74, 6) is 5.49. The first-order chi connectivity index (χ1) is 13.0. The average molecular weight is 386 g/mol. The first-order valence-corrected chi connectivity index (χ1v) is 9.16. The first kappa shape index (κ1) is 17.9. The van der Waals surface area contributed by atoms with Crippen molar-refractivity contribution in [2.24, 2.45) is 0 Å². The third kappa shape index (κ3) is 3.18. The monoisotopic (exact) mass is 385 g/mol. The van der Waals surface area contributed by atoms with Gasteiger partial charge in [-0.1, -0.05) is 12.0 Å². The van der Waals surface area contributed by atoms with E-state index in [2.05, 4.69) is 21.8 Å². The lowest BCUT2D eigenvalue weighted by atomic mass is 9.98. The Morgan fingerprint density at radius 2 is 2.19 bits per heavy atom. The molecule has 1 aromatic carbocycles. The van der Waals surface area contributed by atoms with E-state index in [0.717, 1.165) is 18.4 Å². The smallest absolute Gasteiger partial charge is 0.238 e. The minimum absolute atomic E-state index is 0.0164. The largest absolute Gasteiger partial charge is 0.396 e. The zero-order valence-corrected chi connectivity index (χ0v) is 15.3. The highest BCUT2D eigenvalue weighted by molar-refractivity contribution is 6.28. The van der Waals surface area contributed by atoms with Gasteiger partial charge in [-0.2, -0.15) is 0 Å². The fourth-order valence-corrected chi connectivity index (χ4v) is 3.61. The van der Waals surface area contributed by atoms with Gasteiger partial charge < -0.3 is 10.0 Å². The second-order valence-corrected chi connectivity index (χ2v) is 7.11. The molecule has 1 fully saturated rings. The summed E-state index contributed by atoms with van der Waals surface area (Å²) >= 11 is 5.90. The number of nitrogens with zero attached hydrogens (tertiary/aromatic N) is 3. The number of carbonyl (C=O) groups is 1. The van der Waals surface area contributed by atoms with E-state index < -0.39 is 5.41 Å². The molecule has 1 amide bonds. The fourth-order valence-electron chi connectivity index (χ4n) is 3.47. The number of rotatable bonds is 4. The Bertz CT molecular complexity index is 979. The number of fused-ring (bicyclic) bond motifs is 2. The van der Waals surface area contributed by atoms with Crippen molar-refractivity contribution in [2.45, 2.75) is 37.6 Å². The molecule has 2 aliphatic rings. The lowest BCUT2D eigenvalue weighted by molar-refractivity contribution is -0.120. The number of hydrogen-bond acceptors (Lipinski definition) is 4. The van der Waals surface area contributed by atoms with Gasteiger partial charge in [0.1, 0.15) is 11.5 Å². The van der Waals surface area contributed by atoms with E-state index in [4.69, 9.17) is 16.7 Å². The Kier molecular flexibility index (Phi) is 4.58. The molecule has 27 heavy (non-hydrogen) atoms. The molecule has 0 saturated heterocycles. The Morgan fingerprint density at radius 1 is 1.37 bits per heavy atom. The van der Waals surface area contributed by atoms with Gasteiger partial charge in [-0.05, 0) is 54.5 Å². The molecule has 4 rings (SSSR count). The molecule has 1 aliphatic carbocycles. The van der Waals surface area contributed by atoms with Crippen molar-refractivity contribution in [1.82, 2.24) is 9.97 Å². The number of unbranched alkanes of at least 4 members (excludes halogenated alkanes) is 1. The highest BCUT2D eigenvalue weighted by Crippen LogP contribution is 2.57. The number of aliphatic hydroxyl groups excluding tert-OH is 1. The maximum atomic E-state index is 13.8. The zero-order chi connectivity index (χ0) is 19.0. The minimum atomic E-state index is -0.497. The van der Waals surface area contributed by atoms with Crippen molar-refractivity contribution >= 4 is 23.2 Å². The van der Waals surface area contributed by atoms with E-state index in [1.165, 1.54) is 12.1 Å². The molecule has 0 radical (unpaired) electrons. The van der Waals surface area contributed by atoms with Crippen LogP contribution in [0.5, 0.6) is 0 Å². The van der Waals surface area contributed by atoms with Crippen LogP contribution < -0.4 is 4.90 Å². The summed E-state index contributed by atoms with van der Waals surface area (Å²) in [5.41, 5.74) is 2.09. The molecule has 1 aromatic heterocycles. The number of aliphatic hydroxyl groups is 1. The zero-order valence-electron chi connectivity index (χ0n) is 14.5. The predicted molar refractivity (Wildman–Crippen MR) is 98.7 cm³/mol. The Hall–Kier alpha value is -2.49. The molecule has 1 aliphatic heterocycles. The van der Waals surface area contributed by atoms with Gasteiger partial charge in [0.05, 0.1) is 17.6 Å². The van der Waals surface area contributed by atoms with Crippen LogP contribution >= 0.6 is 11.6 Å². The molecule has 1 spiro atoms. The van der Waals surface area contributed by atoms with Crippen molar-refractivity contribution in [3.8, 4) is 11.8 Å². The summed E-state index contributed by atoms with van der Waals surface area (Å²) in [5, 5.41) is 8.93. The summed E-state index contributed by atoms with van der Waals surface area (Å²) in [6.45, 7) is 0.275. The van der Waals surface area contributed by atoms with E-state index in [9.17, 15) is 9.18 Å². The second-order valence-electron chi connectivity index (χ2n) is 6.78. The van der Waals surface area contributed by atoms with Crippen LogP contribution in [0.1, 0.15) is 42.5 Å². The molecule has 1 saturated carbocycles. The van der Waals surface area contributed by atoms with Crippen LogP contribution in [0, 0.1) is 17.7 Å². The van der Waals surface area contributed by atoms with Gasteiger partial charge in [-0.15, -0.1) is 0 Å². The van der Waals surface area contributed by atoms with Crippen molar-refractivity contribution in [3.63, 3.8) is 0 Å². The summed E-state index contributed by atoms with van der Waals surface area (Å²) in [7, 11) is 0. The Labute approximate surface area is 161 Å². The molecule has 138 valence electrons. The van der Waals surface area contributed by atoms with Crippen LogP contribution in [-0.2, 0) is 16.8 Å². The number of hydrogen-bond donors (Lipinski definition) is 1. The molecule has 1 N–H and O–H groups in total. The SMILES string of the molecule is O=C1N(Cc2cnc(Cl)nc2C#CCCCO)c2cc(F)ccc2C12CC2. The van der Waals surface area contributed by atoms with Crippen LogP contribution in [0.3, 0.4) is 0 Å². The van der Waals surface area contributed by atoms with Crippen LogP contribution in [0.4, 0.5) is 10.1 Å². The van der Waals surface area contributed by atoms with Gasteiger partial charge >= 0.3 is 0 Å². The highest BCUT2D eigenvalue weighted by Gasteiger charge is 2.59. The fraction of sp³-hybridized carbons (Fsp3) is 0.350. The van der Waals surface area contributed by atoms with Gasteiger partial charge in [0.25, 0.3) is 0 Å². The van der Waals surface area contributed by atoms with E-state index in [1.54, 1.807) is 17.2 Å². The maximum absolute atomic E-state index is 13.8. The summed E-state index contributed by atoms with van der Waals surface area (Å²) in [4.78, 5) is 22.8. The van der Waals surface area contributed by atoms with Gasteiger partial charge in [-0.25, -0.2) is 14.4 Å². The number of anilines is 1. The number of halogens is 2. The molecule has 2 aromatic rings. The maximum Gasteiger partial charge on any atom is 0.238 e. The van der Waals surface area contributed by atoms with Gasteiger partial charge in [0.2, 0.25) is 11.2 Å². The summed E-state index contributed by atoms with van der Waals surface area (Å²) < 4.78 is 13.8. The number of amides is 1. The van der Waals surface area contributed by atoms with Crippen LogP contribution in [0.25, 0.3) is 0 Å². The van der Waals surface area contributed by atoms with E-state index >= 15 is 0 Å². The van der Waals surface area contributed by atoms with Crippen molar-refractivity contribution < 1.29 is 14.3 Å². The van der Waals surface area contributed by atoms with Gasteiger partial charge in [0.15, 0.2) is 0 Å². The van der Waals surface area contributed by atoms with Crippen molar-refractivity contribution in [2.75, 3.05) is 11.5 Å². The molecule has 7 heteroatoms. The van der Waals surface area contributed by atoms with Gasteiger partial charge in [0, 0.05) is 24.8 Å². The lowest BCUT2D eigenvalue weighted by Gasteiger charge is -2.18. The van der Waals surface area contributed by atoms with Crippen LogP contribution in [0.15, 0.2) is 24.4 Å². The Balaban J connectivity index is 1.68. The topological polar surface area (TPSA) is 66.3 Å². The molecular formula is C20H17ClFN3O2. The Morgan fingerprint density at radius 3 is 2.93 bits per heavy atom. The molecule has 2 heterocycles. The second kappa shape index (κ2) is 6.91. The minimum Gasteiger partial charge on any atom is -0.396 e. The molecule has 0 unspecified atom stereocenters. The average Bonchev–Trinajstić information content (AvgIpc) is 3.42. The number of benzene rings is 1. The molecule has 0 bridgehead atoms. The lowest BCUT2D eigenvalue weighted by Crippen LogP contribution is -2.32. The molecular weight excluding hydrogens is 369 g/mol. The normalized spacial score (nSPS) is 16.3. The van der Waals surface area contributed by atoms with Crippen molar-refractivity contribution in [3.05, 3.63) is 52.3 Å². The highest BCUT2D eigenvalue weighted by atomic mass is 35.5. The van der Waals surface area contributed by atoms with E-state index in [1.807, 2.05) is 0 Å². The third-order valence-electron chi connectivity index (χ3n) is 5.00. The first-order valence-electron chi connectivity index (χ1n) is 8.78. The number of aromatic nitrogens is 2. The van der Waals surface area contributed by atoms with Crippen LogP contribution in [0.2, 0.25) is 5.28 Å². The summed E-state index contributed by atoms with van der Waals surface area (Å²) in [6.07, 6.45) is 4.21. The number of carbonyl (C=O) groups excluding carboxylic acids is 1. The third-order valence-corrected chi connectivity index (χ3v) is 5.18. The van der Waals surface area contributed by atoms with Crippen LogP contribution in [-0.4, -0.2) is 27.6 Å².